The molecule has 3 rings (SSSR count). The van der Waals surface area contributed by atoms with Gasteiger partial charge in [0, 0.05) is 56.9 Å². The summed E-state index contributed by atoms with van der Waals surface area (Å²) in [6.45, 7) is 2.78. The number of likely N-dealkylation sites (tertiary alicyclic amines) is 1. The summed E-state index contributed by atoms with van der Waals surface area (Å²) in [7, 11) is 8.11. The standard InChI is InChI=1S/C21H32N6S/c1-22-21(25-15-17-8-5-11-23-20(17)26(2)3)24-14-16-9-6-12-27(4)19(16)18-10-7-13-28-18/h5,7-8,10-11,13,16,19H,6,9,12,14-15H2,1-4H3,(H2,22,24,25). The van der Waals surface area contributed by atoms with Crippen LogP contribution in [0, 0.1) is 5.92 Å². The van der Waals surface area contributed by atoms with Gasteiger partial charge in [-0.25, -0.2) is 4.98 Å². The third-order valence-corrected chi connectivity index (χ3v) is 6.28. The van der Waals surface area contributed by atoms with Gasteiger partial charge < -0.3 is 15.5 Å². The molecule has 3 heterocycles. The molecular weight excluding hydrogens is 368 g/mol. The molecule has 28 heavy (non-hydrogen) atoms. The van der Waals surface area contributed by atoms with Gasteiger partial charge in [0.25, 0.3) is 0 Å². The van der Waals surface area contributed by atoms with Crippen LogP contribution in [0.5, 0.6) is 0 Å². The number of nitrogens with one attached hydrogen (secondary N) is 2. The highest BCUT2D eigenvalue weighted by Crippen LogP contribution is 2.36. The Morgan fingerprint density at radius 3 is 2.89 bits per heavy atom. The smallest absolute Gasteiger partial charge is 0.191 e. The molecule has 0 radical (unpaired) electrons. The molecule has 2 atom stereocenters. The molecule has 7 heteroatoms. The summed E-state index contributed by atoms with van der Waals surface area (Å²) in [4.78, 5) is 14.9. The molecule has 1 saturated heterocycles. The monoisotopic (exact) mass is 400 g/mol. The molecular formula is C21H32N6S. The fraction of sp³-hybridized carbons (Fsp3) is 0.524. The molecule has 2 unspecified atom stereocenters. The number of pyridine rings is 1. The maximum atomic E-state index is 4.47. The minimum absolute atomic E-state index is 0.484. The minimum atomic E-state index is 0.484. The van der Waals surface area contributed by atoms with Gasteiger partial charge in [-0.15, -0.1) is 11.3 Å². The van der Waals surface area contributed by atoms with Crippen molar-refractivity contribution >= 4 is 23.1 Å². The second kappa shape index (κ2) is 9.89. The SMILES string of the molecule is CN=C(NCc1cccnc1N(C)C)NCC1CCCN(C)C1c1cccs1. The van der Waals surface area contributed by atoms with Gasteiger partial charge in [-0.2, -0.15) is 0 Å². The molecule has 1 fully saturated rings. The van der Waals surface area contributed by atoms with Crippen LogP contribution in [0.3, 0.4) is 0 Å². The number of hydrogen-bond donors (Lipinski definition) is 2. The first-order valence-corrected chi connectivity index (χ1v) is 10.8. The second-order valence-electron chi connectivity index (χ2n) is 7.53. The van der Waals surface area contributed by atoms with Crippen LogP contribution in [0.4, 0.5) is 5.82 Å². The number of rotatable bonds is 6. The fourth-order valence-electron chi connectivity index (χ4n) is 3.98. The predicted molar refractivity (Wildman–Crippen MR) is 119 cm³/mol. The first-order valence-electron chi connectivity index (χ1n) is 9.89. The Balaban J connectivity index is 1.59. The number of anilines is 1. The fourth-order valence-corrected chi connectivity index (χ4v) is 4.96. The van der Waals surface area contributed by atoms with Crippen LogP contribution in [0.2, 0.25) is 0 Å². The van der Waals surface area contributed by atoms with Crippen molar-refractivity contribution in [2.24, 2.45) is 10.9 Å². The highest BCUT2D eigenvalue weighted by atomic mass is 32.1. The van der Waals surface area contributed by atoms with E-state index >= 15 is 0 Å². The van der Waals surface area contributed by atoms with Crippen LogP contribution in [0.15, 0.2) is 40.8 Å². The predicted octanol–water partition coefficient (Wildman–Crippen LogP) is 2.96. The molecule has 1 aliphatic heterocycles. The Morgan fingerprint density at radius 1 is 1.32 bits per heavy atom. The topological polar surface area (TPSA) is 55.8 Å². The van der Waals surface area contributed by atoms with Gasteiger partial charge >= 0.3 is 0 Å². The molecule has 0 aromatic carbocycles. The van der Waals surface area contributed by atoms with Gasteiger partial charge in [0.05, 0.1) is 0 Å². The van der Waals surface area contributed by atoms with Crippen LogP contribution in [-0.4, -0.2) is 57.1 Å². The summed E-state index contributed by atoms with van der Waals surface area (Å²) >= 11 is 1.86. The van der Waals surface area contributed by atoms with E-state index in [1.165, 1.54) is 24.3 Å². The van der Waals surface area contributed by atoms with Crippen molar-refractivity contribution in [1.82, 2.24) is 20.5 Å². The second-order valence-corrected chi connectivity index (χ2v) is 8.51. The zero-order chi connectivity index (χ0) is 19.9. The van der Waals surface area contributed by atoms with Gasteiger partial charge in [-0.1, -0.05) is 12.1 Å². The Labute approximate surface area is 172 Å². The van der Waals surface area contributed by atoms with Crippen LogP contribution in [0.25, 0.3) is 0 Å². The van der Waals surface area contributed by atoms with Crippen LogP contribution >= 0.6 is 11.3 Å². The van der Waals surface area contributed by atoms with Crippen LogP contribution in [-0.2, 0) is 6.54 Å². The van der Waals surface area contributed by atoms with E-state index in [1.54, 1.807) is 0 Å². The molecule has 0 saturated carbocycles. The van der Waals surface area contributed by atoms with Crippen LogP contribution in [0.1, 0.15) is 29.3 Å². The van der Waals surface area contributed by atoms with Crippen molar-refractivity contribution in [1.29, 1.82) is 0 Å². The zero-order valence-electron chi connectivity index (χ0n) is 17.4. The van der Waals surface area contributed by atoms with Crippen molar-refractivity contribution in [2.45, 2.75) is 25.4 Å². The lowest BCUT2D eigenvalue weighted by molar-refractivity contribution is 0.125. The molecule has 2 aromatic rings. The number of guanidine groups is 1. The van der Waals surface area contributed by atoms with Gasteiger partial charge in [-0.3, -0.25) is 9.89 Å². The summed E-state index contributed by atoms with van der Waals surface area (Å²) in [5, 5.41) is 9.18. The third kappa shape index (κ3) is 5.02. The van der Waals surface area contributed by atoms with E-state index in [9.17, 15) is 0 Å². The lowest BCUT2D eigenvalue weighted by atomic mass is 9.88. The van der Waals surface area contributed by atoms with Crippen LogP contribution < -0.4 is 15.5 Å². The molecule has 1 aliphatic rings. The number of thiophene rings is 1. The van der Waals surface area contributed by atoms with Crippen molar-refractivity contribution in [3.05, 3.63) is 46.3 Å². The normalized spacial score (nSPS) is 20.8. The van der Waals surface area contributed by atoms with E-state index in [4.69, 9.17) is 0 Å². The summed E-state index contributed by atoms with van der Waals surface area (Å²) in [5.41, 5.74) is 1.16. The number of aliphatic imine (C=N–C) groups is 1. The number of aromatic nitrogens is 1. The zero-order valence-corrected chi connectivity index (χ0v) is 18.2. The van der Waals surface area contributed by atoms with Gasteiger partial charge in [0.2, 0.25) is 0 Å². The average molecular weight is 401 g/mol. The molecule has 152 valence electrons. The third-order valence-electron chi connectivity index (χ3n) is 5.33. The van der Waals surface area contributed by atoms with Gasteiger partial charge in [-0.05, 0) is 49.9 Å². The lowest BCUT2D eigenvalue weighted by Crippen LogP contribution is -2.44. The summed E-state index contributed by atoms with van der Waals surface area (Å²) in [6.07, 6.45) is 4.32. The van der Waals surface area contributed by atoms with E-state index in [1.807, 2.05) is 49.6 Å². The lowest BCUT2D eigenvalue weighted by Gasteiger charge is -2.39. The van der Waals surface area contributed by atoms with E-state index in [2.05, 4.69) is 56.1 Å². The van der Waals surface area contributed by atoms with E-state index < -0.39 is 0 Å². The first-order chi connectivity index (χ1) is 13.6. The molecule has 6 nitrogen and oxygen atoms in total. The summed E-state index contributed by atoms with van der Waals surface area (Å²) in [6, 6.07) is 8.99. The number of nitrogens with zero attached hydrogens (tertiary/aromatic N) is 4. The highest BCUT2D eigenvalue weighted by Gasteiger charge is 2.31. The van der Waals surface area contributed by atoms with E-state index in [0.717, 1.165) is 23.9 Å². The van der Waals surface area contributed by atoms with Gasteiger partial charge in [0.1, 0.15) is 5.82 Å². The molecule has 0 aliphatic carbocycles. The largest absolute Gasteiger partial charge is 0.362 e. The quantitative estimate of drug-likeness (QED) is 0.577. The average Bonchev–Trinajstić information content (AvgIpc) is 3.22. The molecule has 2 aromatic heterocycles. The van der Waals surface area contributed by atoms with E-state index in [-0.39, 0.29) is 0 Å². The van der Waals surface area contributed by atoms with Crippen molar-refractivity contribution in [2.75, 3.05) is 46.2 Å². The Bertz CT molecular complexity index is 758. The summed E-state index contributed by atoms with van der Waals surface area (Å²) in [5.74, 6) is 2.40. The molecule has 0 amide bonds. The Morgan fingerprint density at radius 2 is 2.18 bits per heavy atom. The highest BCUT2D eigenvalue weighted by molar-refractivity contribution is 7.10. The summed E-state index contributed by atoms with van der Waals surface area (Å²) < 4.78 is 0. The van der Waals surface area contributed by atoms with Crippen molar-refractivity contribution in [3.8, 4) is 0 Å². The molecule has 0 spiro atoms. The molecule has 0 bridgehead atoms. The Hall–Kier alpha value is -2.12. The number of hydrogen-bond acceptors (Lipinski definition) is 5. The van der Waals surface area contributed by atoms with Gasteiger partial charge in [0.15, 0.2) is 5.96 Å². The number of piperidine rings is 1. The first kappa shape index (κ1) is 20.6. The maximum Gasteiger partial charge on any atom is 0.191 e. The molecule has 2 N–H and O–H groups in total. The van der Waals surface area contributed by atoms with E-state index in [0.29, 0.717) is 18.5 Å². The maximum absolute atomic E-state index is 4.47. The van der Waals surface area contributed by atoms with Crippen molar-refractivity contribution in [3.63, 3.8) is 0 Å². The minimum Gasteiger partial charge on any atom is -0.362 e. The van der Waals surface area contributed by atoms with Crippen molar-refractivity contribution < 1.29 is 0 Å². The Kier molecular flexibility index (Phi) is 7.28.